The number of sulfonamides is 2. The molecule has 0 bridgehead atoms. The van der Waals surface area contributed by atoms with Gasteiger partial charge in [-0.3, -0.25) is 9.10 Å². The number of nitrogens with zero attached hydrogens (tertiary/aromatic N) is 2. The summed E-state index contributed by atoms with van der Waals surface area (Å²) in [6.07, 6.45) is 3.68. The molecule has 1 saturated heterocycles. The molecule has 2 heterocycles. The second-order valence-corrected chi connectivity index (χ2v) is 11.5. The summed E-state index contributed by atoms with van der Waals surface area (Å²) < 4.78 is 50.6. The van der Waals surface area contributed by atoms with Gasteiger partial charge in [0.25, 0.3) is 0 Å². The summed E-state index contributed by atoms with van der Waals surface area (Å²) in [6.45, 7) is 2.82. The highest BCUT2D eigenvalue weighted by molar-refractivity contribution is 7.92. The van der Waals surface area contributed by atoms with Crippen LogP contribution >= 0.6 is 0 Å². The first-order chi connectivity index (χ1) is 13.1. The van der Waals surface area contributed by atoms with E-state index >= 15 is 0 Å². The van der Waals surface area contributed by atoms with Gasteiger partial charge in [-0.2, -0.15) is 0 Å². The zero-order valence-electron chi connectivity index (χ0n) is 16.2. The second-order valence-electron chi connectivity index (χ2n) is 7.35. The van der Waals surface area contributed by atoms with Crippen molar-refractivity contribution in [3.63, 3.8) is 0 Å². The third-order valence-electron chi connectivity index (χ3n) is 5.42. The Labute approximate surface area is 167 Å². The Morgan fingerprint density at radius 3 is 2.43 bits per heavy atom. The van der Waals surface area contributed by atoms with Crippen LogP contribution in [0.4, 0.5) is 11.4 Å². The number of fused-ring (bicyclic) bond motifs is 1. The van der Waals surface area contributed by atoms with Gasteiger partial charge in [0.1, 0.15) is 0 Å². The van der Waals surface area contributed by atoms with Crippen LogP contribution in [0.5, 0.6) is 0 Å². The molecule has 1 aromatic rings. The van der Waals surface area contributed by atoms with E-state index < -0.39 is 20.0 Å². The standard InChI is InChI=1S/C18H27N3O5S2/c1-3-28(25,26)21-10-4-5-15-13-16(6-7-17(15)21)19-18(22)14-8-11-20(12-9-14)27(2,23)24/h6-7,13-14H,3-5,8-12H2,1-2H3,(H,19,22). The molecule has 28 heavy (non-hydrogen) atoms. The van der Waals surface area contributed by atoms with E-state index in [0.717, 1.165) is 18.4 Å². The molecule has 2 aliphatic heterocycles. The fourth-order valence-electron chi connectivity index (χ4n) is 3.78. The van der Waals surface area contributed by atoms with Crippen molar-refractivity contribution in [3.05, 3.63) is 23.8 Å². The van der Waals surface area contributed by atoms with Crippen LogP contribution in [0.2, 0.25) is 0 Å². The van der Waals surface area contributed by atoms with Crippen LogP contribution < -0.4 is 9.62 Å². The van der Waals surface area contributed by atoms with E-state index in [9.17, 15) is 21.6 Å². The minimum absolute atomic E-state index is 0.0527. The van der Waals surface area contributed by atoms with Gasteiger partial charge in [0.05, 0.1) is 17.7 Å². The number of carbonyl (C=O) groups excluding carboxylic acids is 1. The van der Waals surface area contributed by atoms with Crippen molar-refractivity contribution in [3.8, 4) is 0 Å². The number of nitrogens with one attached hydrogen (secondary N) is 1. The number of benzene rings is 1. The van der Waals surface area contributed by atoms with Crippen LogP contribution in [-0.4, -0.2) is 58.7 Å². The van der Waals surface area contributed by atoms with Gasteiger partial charge in [-0.1, -0.05) is 0 Å². The quantitative estimate of drug-likeness (QED) is 0.762. The van der Waals surface area contributed by atoms with Gasteiger partial charge in [-0.05, 0) is 56.4 Å². The Balaban J connectivity index is 1.69. The molecule has 1 aromatic carbocycles. The third kappa shape index (κ3) is 4.49. The van der Waals surface area contributed by atoms with Crippen LogP contribution in [0.1, 0.15) is 31.7 Å². The van der Waals surface area contributed by atoms with Crippen LogP contribution in [0, 0.1) is 5.92 Å². The molecule has 1 fully saturated rings. The molecule has 1 amide bonds. The molecule has 10 heteroatoms. The number of anilines is 2. The van der Waals surface area contributed by atoms with Gasteiger partial charge in [-0.25, -0.2) is 21.1 Å². The van der Waals surface area contributed by atoms with Crippen LogP contribution in [0.15, 0.2) is 18.2 Å². The highest BCUT2D eigenvalue weighted by Gasteiger charge is 2.30. The van der Waals surface area contributed by atoms with Gasteiger partial charge in [0, 0.05) is 31.2 Å². The largest absolute Gasteiger partial charge is 0.326 e. The lowest BCUT2D eigenvalue weighted by atomic mass is 9.97. The number of hydrogen-bond acceptors (Lipinski definition) is 5. The van der Waals surface area contributed by atoms with E-state index in [4.69, 9.17) is 0 Å². The molecule has 3 rings (SSSR count). The maximum atomic E-state index is 12.6. The maximum absolute atomic E-state index is 12.6. The average molecular weight is 430 g/mol. The third-order valence-corrected chi connectivity index (χ3v) is 8.50. The smallest absolute Gasteiger partial charge is 0.234 e. The predicted octanol–water partition coefficient (Wildman–Crippen LogP) is 1.40. The fourth-order valence-corrected chi connectivity index (χ4v) is 5.85. The van der Waals surface area contributed by atoms with Gasteiger partial charge < -0.3 is 5.32 Å². The number of amides is 1. The highest BCUT2D eigenvalue weighted by Crippen LogP contribution is 2.32. The molecule has 0 unspecified atom stereocenters. The molecule has 0 saturated carbocycles. The number of hydrogen-bond donors (Lipinski definition) is 1. The highest BCUT2D eigenvalue weighted by atomic mass is 32.2. The molecule has 8 nitrogen and oxygen atoms in total. The number of rotatable bonds is 5. The van der Waals surface area contributed by atoms with Crippen LogP contribution in [-0.2, 0) is 31.3 Å². The van der Waals surface area contributed by atoms with Crippen molar-refractivity contribution in [2.24, 2.45) is 5.92 Å². The first kappa shape index (κ1) is 21.1. The van der Waals surface area contributed by atoms with E-state index in [1.54, 1.807) is 19.1 Å². The number of piperidine rings is 1. The molecular weight excluding hydrogens is 402 g/mol. The van der Waals surface area contributed by atoms with Crippen molar-refractivity contribution in [2.45, 2.75) is 32.6 Å². The topological polar surface area (TPSA) is 104 Å². The van der Waals surface area contributed by atoms with E-state index in [1.807, 2.05) is 6.07 Å². The molecule has 0 radical (unpaired) electrons. The molecule has 156 valence electrons. The molecule has 0 aromatic heterocycles. The summed E-state index contributed by atoms with van der Waals surface area (Å²) in [7, 11) is -6.53. The lowest BCUT2D eigenvalue weighted by Crippen LogP contribution is -2.41. The van der Waals surface area contributed by atoms with Gasteiger partial charge >= 0.3 is 0 Å². The Morgan fingerprint density at radius 1 is 1.14 bits per heavy atom. The first-order valence-electron chi connectivity index (χ1n) is 9.51. The predicted molar refractivity (Wildman–Crippen MR) is 109 cm³/mol. The summed E-state index contributed by atoms with van der Waals surface area (Å²) in [5, 5.41) is 2.91. The van der Waals surface area contributed by atoms with E-state index in [-0.39, 0.29) is 17.6 Å². The molecule has 1 N–H and O–H groups in total. The van der Waals surface area contributed by atoms with Crippen LogP contribution in [0.25, 0.3) is 0 Å². The van der Waals surface area contributed by atoms with E-state index in [2.05, 4.69) is 5.32 Å². The molecule has 2 aliphatic rings. The minimum atomic E-state index is -3.31. The maximum Gasteiger partial charge on any atom is 0.234 e. The first-order valence-corrected chi connectivity index (χ1v) is 13.0. The Kier molecular flexibility index (Phi) is 6.02. The van der Waals surface area contributed by atoms with Crippen molar-refractivity contribution >= 4 is 37.3 Å². The summed E-state index contributed by atoms with van der Waals surface area (Å²) in [5.74, 6) is -0.301. The van der Waals surface area contributed by atoms with Gasteiger partial charge in [-0.15, -0.1) is 0 Å². The monoisotopic (exact) mass is 429 g/mol. The summed E-state index contributed by atoms with van der Waals surface area (Å²) >= 11 is 0. The number of aryl methyl sites for hydroxylation is 1. The van der Waals surface area contributed by atoms with Crippen molar-refractivity contribution in [2.75, 3.05) is 41.3 Å². The summed E-state index contributed by atoms with van der Waals surface area (Å²) in [5.41, 5.74) is 2.24. The number of carbonyl (C=O) groups is 1. The molecule has 0 aliphatic carbocycles. The van der Waals surface area contributed by atoms with Crippen LogP contribution in [0.3, 0.4) is 0 Å². The summed E-state index contributed by atoms with van der Waals surface area (Å²) in [4.78, 5) is 12.6. The fraction of sp³-hybridized carbons (Fsp3) is 0.611. The summed E-state index contributed by atoms with van der Waals surface area (Å²) in [6, 6.07) is 5.33. The van der Waals surface area contributed by atoms with E-state index in [1.165, 1.54) is 14.9 Å². The zero-order chi connectivity index (χ0) is 20.5. The Morgan fingerprint density at radius 2 is 1.82 bits per heavy atom. The van der Waals surface area contributed by atoms with E-state index in [0.29, 0.717) is 43.9 Å². The molecule has 0 spiro atoms. The SMILES string of the molecule is CCS(=O)(=O)N1CCCc2cc(NC(=O)C3CCN(S(C)(=O)=O)CC3)ccc21. The second kappa shape index (κ2) is 8.00. The van der Waals surface area contributed by atoms with Crippen molar-refractivity contribution < 1.29 is 21.6 Å². The molecule has 0 atom stereocenters. The average Bonchev–Trinajstić information content (AvgIpc) is 2.66. The Bertz CT molecular complexity index is 951. The van der Waals surface area contributed by atoms with Crippen molar-refractivity contribution in [1.29, 1.82) is 0 Å². The lowest BCUT2D eigenvalue weighted by Gasteiger charge is -2.31. The Hall–Kier alpha value is -1.65. The minimum Gasteiger partial charge on any atom is -0.326 e. The zero-order valence-corrected chi connectivity index (χ0v) is 17.9. The van der Waals surface area contributed by atoms with Crippen molar-refractivity contribution in [1.82, 2.24) is 4.31 Å². The molecular formula is C18H27N3O5S2. The van der Waals surface area contributed by atoms with Gasteiger partial charge in [0.15, 0.2) is 0 Å². The normalized spacial score (nSPS) is 19.3. The lowest BCUT2D eigenvalue weighted by molar-refractivity contribution is -0.120. The van der Waals surface area contributed by atoms with Gasteiger partial charge in [0.2, 0.25) is 26.0 Å².